The highest BCUT2D eigenvalue weighted by atomic mass is 35.5. The van der Waals surface area contributed by atoms with Crippen molar-refractivity contribution in [1.82, 2.24) is 20.2 Å². The zero-order valence-corrected chi connectivity index (χ0v) is 22.9. The third kappa shape index (κ3) is 6.47. The standard InChI is InChI=1S/C22H20Cl2N6O4S3/c23-11-3-4-12(24)13(6-11)36-9-16(31)29-17-19(32)30-18(21(33)34)10(8-37-20(17)30)2-1-5-35-22-27-14(25)7-15(26)28-22/h1-4,6-7,17,20H,5,8-9H2,(H,29,31)(H,33,34)(H4,25,26,27,28)/b2-1+/t17-,20?/m1/s1. The van der Waals surface area contributed by atoms with Crippen molar-refractivity contribution in [3.05, 3.63) is 57.7 Å². The monoisotopic (exact) mass is 598 g/mol. The Labute approximate surface area is 234 Å². The second-order valence-corrected chi connectivity index (χ2v) is 11.7. The SMILES string of the molecule is Nc1cc(N)nc(SC/C=C/C2=C(C(=O)O)N3C(=O)[C@@H](NC(=O)CSc4cc(Cl)ccc4Cl)C3SC2)n1. The zero-order valence-electron chi connectivity index (χ0n) is 18.9. The molecule has 6 N–H and O–H groups in total. The first kappa shape index (κ1) is 27.5. The van der Waals surface area contributed by atoms with E-state index in [1.807, 2.05) is 0 Å². The molecule has 2 aliphatic heterocycles. The van der Waals surface area contributed by atoms with Crippen LogP contribution in [0, 0.1) is 0 Å². The van der Waals surface area contributed by atoms with Gasteiger partial charge in [-0.3, -0.25) is 14.5 Å². The molecule has 4 rings (SSSR count). The fraction of sp³-hybridized carbons (Fsp3) is 0.227. The largest absolute Gasteiger partial charge is 0.477 e. The van der Waals surface area contributed by atoms with Crippen molar-refractivity contribution in [2.75, 3.05) is 28.7 Å². The minimum absolute atomic E-state index is 0.0247. The molecule has 1 aromatic carbocycles. The maximum atomic E-state index is 12.8. The Balaban J connectivity index is 1.36. The van der Waals surface area contributed by atoms with E-state index in [0.29, 0.717) is 37.2 Å². The van der Waals surface area contributed by atoms with Crippen LogP contribution in [0.3, 0.4) is 0 Å². The van der Waals surface area contributed by atoms with E-state index in [0.717, 1.165) is 0 Å². The highest BCUT2D eigenvalue weighted by Crippen LogP contribution is 2.41. The van der Waals surface area contributed by atoms with Crippen molar-refractivity contribution in [2.45, 2.75) is 21.5 Å². The minimum Gasteiger partial charge on any atom is -0.477 e. The van der Waals surface area contributed by atoms with Crippen LogP contribution < -0.4 is 16.8 Å². The molecule has 37 heavy (non-hydrogen) atoms. The Morgan fingerprint density at radius 2 is 1.95 bits per heavy atom. The van der Waals surface area contributed by atoms with E-state index >= 15 is 0 Å². The van der Waals surface area contributed by atoms with Gasteiger partial charge in [0.05, 0.1) is 10.8 Å². The topological polar surface area (TPSA) is 165 Å². The first-order valence-corrected chi connectivity index (χ1v) is 14.4. The Hall–Kier alpha value is -2.58. The van der Waals surface area contributed by atoms with Gasteiger partial charge >= 0.3 is 5.97 Å². The van der Waals surface area contributed by atoms with Gasteiger partial charge in [0.2, 0.25) is 5.91 Å². The molecule has 0 aliphatic carbocycles. The quantitative estimate of drug-likeness (QED) is 0.190. The van der Waals surface area contributed by atoms with Crippen LogP contribution in [0.5, 0.6) is 0 Å². The molecule has 2 amide bonds. The van der Waals surface area contributed by atoms with Gasteiger partial charge < -0.3 is 21.9 Å². The number of fused-ring (bicyclic) bond motifs is 1. The van der Waals surface area contributed by atoms with Crippen molar-refractivity contribution < 1.29 is 19.5 Å². The van der Waals surface area contributed by atoms with Gasteiger partial charge in [0, 0.05) is 27.5 Å². The number of carboxylic acids is 1. The number of β-lactam (4-membered cyclic amide) rings is 1. The summed E-state index contributed by atoms with van der Waals surface area (Å²) in [6.45, 7) is 0. The lowest BCUT2D eigenvalue weighted by molar-refractivity contribution is -0.150. The number of aromatic nitrogens is 2. The molecule has 1 fully saturated rings. The highest BCUT2D eigenvalue weighted by Gasteiger charge is 2.53. The van der Waals surface area contributed by atoms with E-state index in [4.69, 9.17) is 34.7 Å². The number of anilines is 2. The Kier molecular flexibility index (Phi) is 8.80. The number of benzene rings is 1. The number of halogens is 2. The van der Waals surface area contributed by atoms with Crippen LogP contribution >= 0.6 is 58.5 Å². The van der Waals surface area contributed by atoms with Gasteiger partial charge in [-0.1, -0.05) is 47.1 Å². The van der Waals surface area contributed by atoms with Crippen molar-refractivity contribution in [2.24, 2.45) is 0 Å². The van der Waals surface area contributed by atoms with Gasteiger partial charge in [0.25, 0.3) is 5.91 Å². The first-order valence-electron chi connectivity index (χ1n) is 10.6. The average molecular weight is 600 g/mol. The molecule has 0 bridgehead atoms. The van der Waals surface area contributed by atoms with Crippen molar-refractivity contribution in [3.8, 4) is 0 Å². The number of allylic oxidation sites excluding steroid dienone is 1. The summed E-state index contributed by atoms with van der Waals surface area (Å²) in [5.41, 5.74) is 11.7. The second kappa shape index (κ2) is 11.9. The lowest BCUT2D eigenvalue weighted by atomic mass is 10.0. The van der Waals surface area contributed by atoms with E-state index < -0.39 is 23.3 Å². The van der Waals surface area contributed by atoms with E-state index in [9.17, 15) is 19.5 Å². The Bertz CT molecular complexity index is 1310. The summed E-state index contributed by atoms with van der Waals surface area (Å²) >= 11 is 16.0. The van der Waals surface area contributed by atoms with Crippen LogP contribution in [0.15, 0.2) is 57.7 Å². The fourth-order valence-electron chi connectivity index (χ4n) is 3.56. The number of thioether (sulfide) groups is 3. The van der Waals surface area contributed by atoms with E-state index in [1.54, 1.807) is 30.4 Å². The van der Waals surface area contributed by atoms with Crippen molar-refractivity contribution in [3.63, 3.8) is 0 Å². The normalized spacial score (nSPS) is 19.1. The molecule has 2 aromatic rings. The van der Waals surface area contributed by atoms with Crippen LogP contribution in [0.25, 0.3) is 0 Å². The first-order chi connectivity index (χ1) is 17.6. The number of carbonyl (C=O) groups excluding carboxylic acids is 2. The van der Waals surface area contributed by atoms with Crippen molar-refractivity contribution in [1.29, 1.82) is 0 Å². The summed E-state index contributed by atoms with van der Waals surface area (Å²) in [6.07, 6.45) is 3.42. The number of carboxylic acid groups (broad SMARTS) is 1. The van der Waals surface area contributed by atoms with Gasteiger partial charge in [-0.2, -0.15) is 0 Å². The summed E-state index contributed by atoms with van der Waals surface area (Å²) < 4.78 is 0. The van der Waals surface area contributed by atoms with Gasteiger partial charge in [-0.25, -0.2) is 14.8 Å². The van der Waals surface area contributed by atoms with Gasteiger partial charge in [-0.15, -0.1) is 23.5 Å². The van der Waals surface area contributed by atoms with E-state index in [1.165, 1.54) is 46.3 Å². The van der Waals surface area contributed by atoms with Crippen LogP contribution in [0.2, 0.25) is 10.0 Å². The summed E-state index contributed by atoms with van der Waals surface area (Å²) in [7, 11) is 0. The molecule has 3 heterocycles. The zero-order chi connectivity index (χ0) is 26.7. The Morgan fingerprint density at radius 3 is 2.65 bits per heavy atom. The van der Waals surface area contributed by atoms with Crippen LogP contribution in [0.1, 0.15) is 0 Å². The molecule has 10 nitrogen and oxygen atoms in total. The smallest absolute Gasteiger partial charge is 0.352 e. The number of nitrogens with one attached hydrogen (secondary N) is 1. The van der Waals surface area contributed by atoms with Crippen LogP contribution in [0.4, 0.5) is 11.6 Å². The number of nitrogens with zero attached hydrogens (tertiary/aromatic N) is 3. The molecular weight excluding hydrogens is 579 g/mol. The van der Waals surface area contributed by atoms with Crippen LogP contribution in [-0.4, -0.2) is 66.4 Å². The highest BCUT2D eigenvalue weighted by molar-refractivity contribution is 8.00. The summed E-state index contributed by atoms with van der Waals surface area (Å²) in [5.74, 6) is -0.716. The lowest BCUT2D eigenvalue weighted by Crippen LogP contribution is -2.70. The summed E-state index contributed by atoms with van der Waals surface area (Å²) in [5, 5.41) is 13.4. The number of hydrogen-bond acceptors (Lipinski definition) is 10. The number of carbonyl (C=O) groups is 3. The lowest BCUT2D eigenvalue weighted by Gasteiger charge is -2.49. The maximum Gasteiger partial charge on any atom is 0.352 e. The summed E-state index contributed by atoms with van der Waals surface area (Å²) in [6, 6.07) is 5.59. The van der Waals surface area contributed by atoms with Gasteiger partial charge in [0.1, 0.15) is 28.7 Å². The molecule has 0 radical (unpaired) electrons. The molecule has 1 unspecified atom stereocenters. The molecule has 2 atom stereocenters. The van der Waals surface area contributed by atoms with Gasteiger partial charge in [-0.05, 0) is 23.8 Å². The molecule has 2 aliphatic rings. The molecule has 1 saturated heterocycles. The number of nitrogen functional groups attached to an aromatic ring is 2. The van der Waals surface area contributed by atoms with Gasteiger partial charge in [0.15, 0.2) is 5.16 Å². The fourth-order valence-corrected chi connectivity index (χ4v) is 6.86. The molecule has 1 aromatic heterocycles. The molecule has 15 heteroatoms. The molecular formula is C22H20Cl2N6O4S3. The third-order valence-electron chi connectivity index (χ3n) is 5.14. The molecule has 0 saturated carbocycles. The predicted molar refractivity (Wildman–Crippen MR) is 148 cm³/mol. The van der Waals surface area contributed by atoms with Crippen LogP contribution in [-0.2, 0) is 14.4 Å². The number of rotatable bonds is 9. The third-order valence-corrected chi connectivity index (χ3v) is 8.98. The average Bonchev–Trinajstić information content (AvgIpc) is 2.84. The molecule has 194 valence electrons. The number of amides is 2. The number of nitrogens with two attached hydrogens (primary N) is 2. The second-order valence-electron chi connectivity index (χ2n) is 7.71. The number of aliphatic carboxylic acids is 1. The minimum atomic E-state index is -1.21. The molecule has 0 spiro atoms. The van der Waals surface area contributed by atoms with E-state index in [-0.39, 0.29) is 29.0 Å². The number of hydrogen-bond donors (Lipinski definition) is 4. The summed E-state index contributed by atoms with van der Waals surface area (Å²) in [4.78, 5) is 47.4. The van der Waals surface area contributed by atoms with E-state index in [2.05, 4.69) is 15.3 Å². The van der Waals surface area contributed by atoms with Crippen molar-refractivity contribution >= 4 is 87.9 Å². The maximum absolute atomic E-state index is 12.8. The Morgan fingerprint density at radius 1 is 1.22 bits per heavy atom. The predicted octanol–water partition coefficient (Wildman–Crippen LogP) is 3.13.